The van der Waals surface area contributed by atoms with Gasteiger partial charge in [-0.1, -0.05) is 26.2 Å². The molecule has 1 aliphatic rings. The summed E-state index contributed by atoms with van der Waals surface area (Å²) in [5.74, 6) is 2.43. The van der Waals surface area contributed by atoms with Gasteiger partial charge < -0.3 is 9.73 Å². The highest BCUT2D eigenvalue weighted by atomic mass is 16.4. The zero-order valence-electron chi connectivity index (χ0n) is 12.2. The summed E-state index contributed by atoms with van der Waals surface area (Å²) in [6.07, 6.45) is 10.9. The van der Waals surface area contributed by atoms with E-state index in [-0.39, 0.29) is 0 Å². The zero-order valence-corrected chi connectivity index (χ0v) is 12.2. The molecule has 1 aromatic heterocycles. The van der Waals surface area contributed by atoms with Crippen molar-refractivity contribution in [2.75, 3.05) is 13.1 Å². The van der Waals surface area contributed by atoms with Gasteiger partial charge in [-0.25, -0.2) is 0 Å². The Morgan fingerprint density at radius 1 is 1.11 bits per heavy atom. The molecule has 0 radical (unpaired) electrons. The number of nitrogens with one attached hydrogen (secondary N) is 1. The summed E-state index contributed by atoms with van der Waals surface area (Å²) in [4.78, 5) is 0. The highest BCUT2D eigenvalue weighted by molar-refractivity contribution is 4.85. The second-order valence-electron chi connectivity index (χ2n) is 5.65. The SMILES string of the molecule is CCCNCCCc1nnc(CC2CCCCC2)o1. The van der Waals surface area contributed by atoms with Gasteiger partial charge in [0.25, 0.3) is 0 Å². The summed E-state index contributed by atoms with van der Waals surface area (Å²) in [6, 6.07) is 0. The van der Waals surface area contributed by atoms with Crippen LogP contribution in [-0.4, -0.2) is 23.3 Å². The van der Waals surface area contributed by atoms with Crippen molar-refractivity contribution < 1.29 is 4.42 Å². The van der Waals surface area contributed by atoms with Crippen molar-refractivity contribution >= 4 is 0 Å². The molecule has 19 heavy (non-hydrogen) atoms. The van der Waals surface area contributed by atoms with E-state index in [2.05, 4.69) is 22.4 Å². The Kier molecular flexibility index (Phi) is 6.34. The van der Waals surface area contributed by atoms with E-state index >= 15 is 0 Å². The molecule has 1 aliphatic carbocycles. The maximum Gasteiger partial charge on any atom is 0.216 e. The fourth-order valence-corrected chi connectivity index (χ4v) is 2.78. The first kappa shape index (κ1) is 14.5. The van der Waals surface area contributed by atoms with Gasteiger partial charge in [-0.05, 0) is 44.7 Å². The largest absolute Gasteiger partial charge is 0.425 e. The van der Waals surface area contributed by atoms with Crippen molar-refractivity contribution in [2.45, 2.75) is 64.7 Å². The molecule has 0 amide bonds. The first-order valence-electron chi connectivity index (χ1n) is 7.90. The lowest BCUT2D eigenvalue weighted by Gasteiger charge is -2.19. The molecule has 0 saturated heterocycles. The van der Waals surface area contributed by atoms with Crippen LogP contribution in [0.1, 0.15) is 63.7 Å². The number of aromatic nitrogens is 2. The average molecular weight is 265 g/mol. The molecule has 108 valence electrons. The van der Waals surface area contributed by atoms with Gasteiger partial charge in [0.15, 0.2) is 0 Å². The van der Waals surface area contributed by atoms with Gasteiger partial charge in [-0.3, -0.25) is 0 Å². The Morgan fingerprint density at radius 3 is 2.68 bits per heavy atom. The van der Waals surface area contributed by atoms with E-state index in [1.54, 1.807) is 0 Å². The fourth-order valence-electron chi connectivity index (χ4n) is 2.78. The maximum atomic E-state index is 5.74. The van der Waals surface area contributed by atoms with E-state index < -0.39 is 0 Å². The van der Waals surface area contributed by atoms with E-state index in [1.165, 1.54) is 38.5 Å². The monoisotopic (exact) mass is 265 g/mol. The van der Waals surface area contributed by atoms with Crippen LogP contribution < -0.4 is 5.32 Å². The summed E-state index contributed by atoms with van der Waals surface area (Å²) < 4.78 is 5.74. The smallest absolute Gasteiger partial charge is 0.216 e. The maximum absolute atomic E-state index is 5.74. The third-order valence-electron chi connectivity index (χ3n) is 3.87. The lowest BCUT2D eigenvalue weighted by atomic mass is 9.87. The molecule has 0 atom stereocenters. The molecule has 0 unspecified atom stereocenters. The Labute approximate surface area is 116 Å². The summed E-state index contributed by atoms with van der Waals surface area (Å²) in [6.45, 7) is 4.31. The van der Waals surface area contributed by atoms with E-state index in [0.29, 0.717) is 0 Å². The molecular formula is C15H27N3O. The van der Waals surface area contributed by atoms with Crippen LogP contribution in [0, 0.1) is 5.92 Å². The number of hydrogen-bond acceptors (Lipinski definition) is 4. The number of rotatable bonds is 8. The third-order valence-corrected chi connectivity index (χ3v) is 3.87. The van der Waals surface area contributed by atoms with E-state index in [0.717, 1.165) is 50.1 Å². The molecule has 0 aromatic carbocycles. The molecule has 0 bridgehead atoms. The number of nitrogens with zero attached hydrogens (tertiary/aromatic N) is 2. The summed E-state index contributed by atoms with van der Waals surface area (Å²) in [5.41, 5.74) is 0. The zero-order chi connectivity index (χ0) is 13.3. The summed E-state index contributed by atoms with van der Waals surface area (Å²) in [5, 5.41) is 11.7. The molecule has 4 nitrogen and oxygen atoms in total. The van der Waals surface area contributed by atoms with Gasteiger partial charge in [-0.2, -0.15) is 0 Å². The highest BCUT2D eigenvalue weighted by Crippen LogP contribution is 2.26. The van der Waals surface area contributed by atoms with E-state index in [4.69, 9.17) is 4.42 Å². The van der Waals surface area contributed by atoms with Gasteiger partial charge in [0.2, 0.25) is 11.8 Å². The summed E-state index contributed by atoms with van der Waals surface area (Å²) >= 11 is 0. The first-order valence-corrected chi connectivity index (χ1v) is 7.90. The second-order valence-corrected chi connectivity index (χ2v) is 5.65. The second kappa shape index (κ2) is 8.31. The quantitative estimate of drug-likeness (QED) is 0.734. The topological polar surface area (TPSA) is 51.0 Å². The van der Waals surface area contributed by atoms with Crippen LogP contribution in [0.3, 0.4) is 0 Å². The minimum atomic E-state index is 0.772. The van der Waals surface area contributed by atoms with Gasteiger partial charge >= 0.3 is 0 Å². The van der Waals surface area contributed by atoms with Crippen LogP contribution in [-0.2, 0) is 12.8 Å². The van der Waals surface area contributed by atoms with Gasteiger partial charge in [0, 0.05) is 12.8 Å². The van der Waals surface area contributed by atoms with Crippen molar-refractivity contribution in [1.82, 2.24) is 15.5 Å². The van der Waals surface area contributed by atoms with Crippen molar-refractivity contribution in [3.8, 4) is 0 Å². The predicted octanol–water partition coefficient (Wildman–Crippen LogP) is 3.12. The first-order chi connectivity index (χ1) is 9.38. The Hall–Kier alpha value is -0.900. The molecule has 1 saturated carbocycles. The lowest BCUT2D eigenvalue weighted by molar-refractivity contribution is 0.323. The molecular weight excluding hydrogens is 238 g/mol. The minimum Gasteiger partial charge on any atom is -0.425 e. The molecule has 0 aliphatic heterocycles. The molecule has 1 heterocycles. The fraction of sp³-hybridized carbons (Fsp3) is 0.867. The summed E-state index contributed by atoms with van der Waals surface area (Å²) in [7, 11) is 0. The molecule has 1 aromatic rings. The number of hydrogen-bond donors (Lipinski definition) is 1. The van der Waals surface area contributed by atoms with E-state index in [9.17, 15) is 0 Å². The Bertz CT molecular complexity index is 345. The van der Waals surface area contributed by atoms with Crippen molar-refractivity contribution in [3.05, 3.63) is 11.8 Å². The molecule has 0 spiro atoms. The van der Waals surface area contributed by atoms with E-state index in [1.807, 2.05) is 0 Å². The Balaban J connectivity index is 1.66. The lowest BCUT2D eigenvalue weighted by Crippen LogP contribution is -2.16. The molecule has 1 N–H and O–H groups in total. The van der Waals surface area contributed by atoms with Gasteiger partial charge in [-0.15, -0.1) is 10.2 Å². The van der Waals surface area contributed by atoms with Crippen LogP contribution in [0.5, 0.6) is 0 Å². The minimum absolute atomic E-state index is 0.772. The average Bonchev–Trinajstić information content (AvgIpc) is 2.87. The van der Waals surface area contributed by atoms with Crippen LogP contribution in [0.15, 0.2) is 4.42 Å². The normalized spacial score (nSPS) is 16.9. The Morgan fingerprint density at radius 2 is 1.89 bits per heavy atom. The van der Waals surface area contributed by atoms with Crippen LogP contribution in [0.4, 0.5) is 0 Å². The van der Waals surface area contributed by atoms with Crippen molar-refractivity contribution in [1.29, 1.82) is 0 Å². The van der Waals surface area contributed by atoms with Gasteiger partial charge in [0.05, 0.1) is 0 Å². The van der Waals surface area contributed by atoms with Crippen LogP contribution >= 0.6 is 0 Å². The third kappa shape index (κ3) is 5.31. The molecule has 2 rings (SSSR count). The van der Waals surface area contributed by atoms with Crippen LogP contribution in [0.25, 0.3) is 0 Å². The molecule has 1 fully saturated rings. The molecule has 4 heteroatoms. The standard InChI is InChI=1S/C15H27N3O/c1-2-10-16-11-6-9-14-17-18-15(19-14)12-13-7-4-3-5-8-13/h13,16H,2-12H2,1H3. The predicted molar refractivity (Wildman–Crippen MR) is 76.1 cm³/mol. The van der Waals surface area contributed by atoms with Crippen LogP contribution in [0.2, 0.25) is 0 Å². The van der Waals surface area contributed by atoms with Gasteiger partial charge in [0.1, 0.15) is 0 Å². The highest BCUT2D eigenvalue weighted by Gasteiger charge is 2.17. The van der Waals surface area contributed by atoms with Crippen molar-refractivity contribution in [3.63, 3.8) is 0 Å². The number of aryl methyl sites for hydroxylation is 1. The van der Waals surface area contributed by atoms with Crippen molar-refractivity contribution in [2.24, 2.45) is 5.92 Å².